The second-order valence-corrected chi connectivity index (χ2v) is 8.98. The molecule has 1 saturated heterocycles. The van der Waals surface area contributed by atoms with Crippen LogP contribution in [0.4, 0.5) is 0 Å². The lowest BCUT2D eigenvalue weighted by molar-refractivity contribution is -0.0669. The van der Waals surface area contributed by atoms with E-state index < -0.39 is 5.60 Å². The summed E-state index contributed by atoms with van der Waals surface area (Å²) in [5.41, 5.74) is 4.90. The van der Waals surface area contributed by atoms with Crippen LogP contribution in [0.5, 0.6) is 5.75 Å². The molecule has 2 aliphatic heterocycles. The molecule has 1 aromatic heterocycles. The topological polar surface area (TPSA) is 67.6 Å². The first kappa shape index (κ1) is 19.1. The van der Waals surface area contributed by atoms with Gasteiger partial charge in [0.25, 0.3) is 5.91 Å². The van der Waals surface area contributed by atoms with Crippen LogP contribution in [0.3, 0.4) is 0 Å². The molecule has 0 radical (unpaired) electrons. The van der Waals surface area contributed by atoms with Gasteiger partial charge >= 0.3 is 0 Å². The van der Waals surface area contributed by atoms with Crippen LogP contribution >= 0.6 is 0 Å². The molecule has 5 rings (SSSR count). The standard InChI is InChI=1S/C24H27N3O3/c1-14-7-5-6-8-16(14)20-10-9-17-18(23(28)27-12-24(3,29)13-27)11-19-21(22(17)30-20)25-15(2)26(19)4/h5-8,11,20,29H,9-10,12-13H2,1-4H3/t20-/m0/s1. The zero-order valence-corrected chi connectivity index (χ0v) is 17.9. The third-order valence-corrected chi connectivity index (χ3v) is 6.49. The quantitative estimate of drug-likeness (QED) is 0.709. The zero-order valence-electron chi connectivity index (χ0n) is 17.9. The zero-order chi connectivity index (χ0) is 21.2. The highest BCUT2D eigenvalue weighted by Gasteiger charge is 2.41. The van der Waals surface area contributed by atoms with Crippen molar-refractivity contribution in [2.24, 2.45) is 7.05 Å². The fourth-order valence-corrected chi connectivity index (χ4v) is 4.75. The number of hydrogen-bond acceptors (Lipinski definition) is 4. The molecule has 0 saturated carbocycles. The largest absolute Gasteiger partial charge is 0.483 e. The van der Waals surface area contributed by atoms with E-state index in [4.69, 9.17) is 9.72 Å². The van der Waals surface area contributed by atoms with E-state index in [1.807, 2.05) is 36.7 Å². The monoisotopic (exact) mass is 405 g/mol. The van der Waals surface area contributed by atoms with E-state index >= 15 is 0 Å². The molecular formula is C24H27N3O3. The highest BCUT2D eigenvalue weighted by molar-refractivity contribution is 6.02. The smallest absolute Gasteiger partial charge is 0.254 e. The van der Waals surface area contributed by atoms with Gasteiger partial charge in [-0.05, 0) is 50.8 Å². The molecule has 1 N–H and O–H groups in total. The van der Waals surface area contributed by atoms with E-state index in [9.17, 15) is 9.90 Å². The van der Waals surface area contributed by atoms with Gasteiger partial charge in [0.15, 0.2) is 5.75 Å². The van der Waals surface area contributed by atoms with Crippen molar-refractivity contribution in [2.45, 2.75) is 45.3 Å². The fraction of sp³-hybridized carbons (Fsp3) is 0.417. The summed E-state index contributed by atoms with van der Waals surface area (Å²) in [4.78, 5) is 19.7. The van der Waals surface area contributed by atoms with Gasteiger partial charge in [-0.1, -0.05) is 24.3 Å². The Hall–Kier alpha value is -2.86. The molecule has 156 valence electrons. The number of imidazole rings is 1. The van der Waals surface area contributed by atoms with Crippen molar-refractivity contribution in [3.63, 3.8) is 0 Å². The molecule has 0 bridgehead atoms. The molecule has 0 unspecified atom stereocenters. The number of likely N-dealkylation sites (tertiary alicyclic amines) is 1. The van der Waals surface area contributed by atoms with Crippen molar-refractivity contribution >= 4 is 16.9 Å². The minimum Gasteiger partial charge on any atom is -0.483 e. The molecule has 6 nitrogen and oxygen atoms in total. The fourth-order valence-electron chi connectivity index (χ4n) is 4.75. The van der Waals surface area contributed by atoms with E-state index in [1.54, 1.807) is 11.8 Å². The van der Waals surface area contributed by atoms with E-state index in [-0.39, 0.29) is 12.0 Å². The van der Waals surface area contributed by atoms with Crippen molar-refractivity contribution in [1.82, 2.24) is 14.5 Å². The summed E-state index contributed by atoms with van der Waals surface area (Å²) in [5.74, 6) is 1.56. The minimum atomic E-state index is -0.796. The first-order valence-electron chi connectivity index (χ1n) is 10.5. The molecule has 1 atom stereocenters. The first-order valence-corrected chi connectivity index (χ1v) is 10.5. The lowest BCUT2D eigenvalue weighted by Gasteiger charge is -2.44. The Morgan fingerprint density at radius 1 is 1.27 bits per heavy atom. The number of ether oxygens (including phenoxy) is 1. The van der Waals surface area contributed by atoms with Crippen molar-refractivity contribution in [3.05, 3.63) is 58.4 Å². The highest BCUT2D eigenvalue weighted by atomic mass is 16.5. The van der Waals surface area contributed by atoms with Crippen molar-refractivity contribution in [1.29, 1.82) is 0 Å². The van der Waals surface area contributed by atoms with Gasteiger partial charge in [-0.2, -0.15) is 0 Å². The molecule has 30 heavy (non-hydrogen) atoms. The van der Waals surface area contributed by atoms with Crippen molar-refractivity contribution in [2.75, 3.05) is 13.1 Å². The normalized spacial score (nSPS) is 19.9. The van der Waals surface area contributed by atoms with E-state index in [2.05, 4.69) is 19.1 Å². The highest BCUT2D eigenvalue weighted by Crippen LogP contribution is 2.43. The number of β-amino-alcohol motifs (C(OH)–C–C–N with tert-alkyl or cyclic N) is 1. The second kappa shape index (κ2) is 6.57. The molecular weight excluding hydrogens is 378 g/mol. The average molecular weight is 405 g/mol. The second-order valence-electron chi connectivity index (χ2n) is 8.98. The van der Waals surface area contributed by atoms with E-state index in [0.717, 1.165) is 41.0 Å². The van der Waals surface area contributed by atoms with Gasteiger partial charge in [-0.3, -0.25) is 4.79 Å². The molecule has 2 aliphatic rings. The van der Waals surface area contributed by atoms with Crippen LogP contribution in [-0.2, 0) is 13.5 Å². The molecule has 6 heteroatoms. The minimum absolute atomic E-state index is 0.0449. The number of fused-ring (bicyclic) bond motifs is 3. The van der Waals surface area contributed by atoms with Gasteiger partial charge in [-0.15, -0.1) is 0 Å². The summed E-state index contributed by atoms with van der Waals surface area (Å²) in [7, 11) is 1.96. The molecule has 0 spiro atoms. The number of aryl methyl sites for hydroxylation is 3. The summed E-state index contributed by atoms with van der Waals surface area (Å²) >= 11 is 0. The lowest BCUT2D eigenvalue weighted by Crippen LogP contribution is -2.61. The molecule has 1 fully saturated rings. The molecule has 3 aromatic rings. The van der Waals surface area contributed by atoms with Gasteiger partial charge in [-0.25, -0.2) is 4.98 Å². The summed E-state index contributed by atoms with van der Waals surface area (Å²) in [6.45, 7) is 6.54. The number of amides is 1. The predicted molar refractivity (Wildman–Crippen MR) is 115 cm³/mol. The molecule has 2 aromatic carbocycles. The summed E-state index contributed by atoms with van der Waals surface area (Å²) in [6, 6.07) is 10.2. The van der Waals surface area contributed by atoms with Gasteiger partial charge < -0.3 is 19.3 Å². The SMILES string of the molecule is Cc1ccccc1[C@@H]1CCc2c(C(=O)N3CC(C)(O)C3)cc3c(nc(C)n3C)c2O1. The number of carbonyl (C=O) groups excluding carboxylic acids is 1. The van der Waals surface area contributed by atoms with Crippen LogP contribution in [0.15, 0.2) is 30.3 Å². The Balaban J connectivity index is 1.62. The number of hydrogen-bond donors (Lipinski definition) is 1. The average Bonchev–Trinajstić information content (AvgIpc) is 2.99. The van der Waals surface area contributed by atoms with Crippen molar-refractivity contribution < 1.29 is 14.6 Å². The van der Waals surface area contributed by atoms with Crippen LogP contribution in [-0.4, -0.2) is 44.2 Å². The lowest BCUT2D eigenvalue weighted by atomic mass is 9.90. The first-order chi connectivity index (χ1) is 14.2. The number of aliphatic hydroxyl groups is 1. The van der Waals surface area contributed by atoms with Gasteiger partial charge in [0.05, 0.1) is 24.2 Å². The van der Waals surface area contributed by atoms with Gasteiger partial charge in [0.2, 0.25) is 0 Å². The molecule has 3 heterocycles. The Morgan fingerprint density at radius 3 is 2.70 bits per heavy atom. The van der Waals surface area contributed by atoms with Gasteiger partial charge in [0.1, 0.15) is 17.4 Å². The van der Waals surface area contributed by atoms with Crippen molar-refractivity contribution in [3.8, 4) is 5.75 Å². The van der Waals surface area contributed by atoms with E-state index in [0.29, 0.717) is 18.7 Å². The van der Waals surface area contributed by atoms with Gasteiger partial charge in [0, 0.05) is 18.2 Å². The summed E-state index contributed by atoms with van der Waals surface area (Å²) in [5, 5.41) is 10.1. The third-order valence-electron chi connectivity index (χ3n) is 6.49. The van der Waals surface area contributed by atoms with Crippen LogP contribution in [0, 0.1) is 13.8 Å². The Bertz CT molecular complexity index is 1170. The maximum absolute atomic E-state index is 13.3. The Kier molecular flexibility index (Phi) is 4.19. The van der Waals surface area contributed by atoms with Crippen LogP contribution in [0.1, 0.15) is 52.3 Å². The predicted octanol–water partition coefficient (Wildman–Crippen LogP) is 3.46. The summed E-state index contributed by atoms with van der Waals surface area (Å²) in [6.07, 6.45) is 1.51. The number of aromatic nitrogens is 2. The summed E-state index contributed by atoms with van der Waals surface area (Å²) < 4.78 is 8.55. The van der Waals surface area contributed by atoms with E-state index in [1.165, 1.54) is 11.1 Å². The third kappa shape index (κ3) is 2.89. The maximum atomic E-state index is 13.3. The molecule has 1 amide bonds. The Morgan fingerprint density at radius 2 is 2.00 bits per heavy atom. The van der Waals surface area contributed by atoms with Crippen LogP contribution < -0.4 is 4.74 Å². The number of benzene rings is 2. The number of rotatable bonds is 2. The number of carbonyl (C=O) groups is 1. The van der Waals surface area contributed by atoms with Crippen LogP contribution in [0.25, 0.3) is 11.0 Å². The van der Waals surface area contributed by atoms with Crippen LogP contribution in [0.2, 0.25) is 0 Å². The molecule has 0 aliphatic carbocycles. The number of nitrogens with zero attached hydrogens (tertiary/aromatic N) is 3. The maximum Gasteiger partial charge on any atom is 0.254 e. The Labute approximate surface area is 176 Å².